The normalized spacial score (nSPS) is 19.9. The van der Waals surface area contributed by atoms with Crippen LogP contribution in [0.15, 0.2) is 41.6 Å². The fourth-order valence-corrected chi connectivity index (χ4v) is 5.86. The fraction of sp³-hybridized carbons (Fsp3) is 0.533. The van der Waals surface area contributed by atoms with Crippen LogP contribution in [0.3, 0.4) is 0 Å². The first-order valence-electron chi connectivity index (χ1n) is 14.0. The van der Waals surface area contributed by atoms with Gasteiger partial charge < -0.3 is 24.3 Å². The van der Waals surface area contributed by atoms with Gasteiger partial charge in [0, 0.05) is 32.7 Å². The fourth-order valence-electron chi connectivity index (χ4n) is 5.86. The maximum Gasteiger partial charge on any atom is 0.416 e. The lowest BCUT2D eigenvalue weighted by molar-refractivity contribution is -0.150. The van der Waals surface area contributed by atoms with E-state index in [9.17, 15) is 23.1 Å². The number of amidine groups is 1. The van der Waals surface area contributed by atoms with E-state index in [4.69, 9.17) is 14.3 Å². The number of oxime groups is 1. The Morgan fingerprint density at radius 3 is 2.27 bits per heavy atom. The first-order valence-corrected chi connectivity index (χ1v) is 14.0. The number of nitrogens with zero attached hydrogens (tertiary/aromatic N) is 3. The lowest BCUT2D eigenvalue weighted by atomic mass is 9.80. The molecule has 222 valence electrons. The summed E-state index contributed by atoms with van der Waals surface area (Å²) in [4.78, 5) is 21.8. The first kappa shape index (κ1) is 29.0. The lowest BCUT2D eigenvalue weighted by Gasteiger charge is -2.45. The Labute approximate surface area is 237 Å². The van der Waals surface area contributed by atoms with Crippen LogP contribution in [0.5, 0.6) is 11.5 Å². The molecule has 2 fully saturated rings. The van der Waals surface area contributed by atoms with Crippen molar-refractivity contribution < 1.29 is 37.4 Å². The van der Waals surface area contributed by atoms with Crippen molar-refractivity contribution in [1.82, 2.24) is 9.80 Å². The maximum atomic E-state index is 13.4. The molecular weight excluding hydrogens is 539 g/mol. The van der Waals surface area contributed by atoms with Crippen molar-refractivity contribution in [2.75, 3.05) is 39.4 Å². The number of carboxylic acids is 1. The maximum absolute atomic E-state index is 13.4. The second-order valence-corrected chi connectivity index (χ2v) is 11.4. The molecule has 2 saturated heterocycles. The molecule has 1 spiro atoms. The van der Waals surface area contributed by atoms with Crippen LogP contribution in [0, 0.1) is 5.41 Å². The molecule has 2 aromatic carbocycles. The van der Waals surface area contributed by atoms with Crippen LogP contribution in [0.1, 0.15) is 51.2 Å². The number of hydrogen-bond acceptors (Lipinski definition) is 7. The highest BCUT2D eigenvalue weighted by Gasteiger charge is 2.51. The van der Waals surface area contributed by atoms with Crippen molar-refractivity contribution in [1.29, 1.82) is 0 Å². The number of rotatable bonds is 8. The molecule has 0 radical (unpaired) electrons. The average Bonchev–Trinajstić information content (AvgIpc) is 3.34. The monoisotopic (exact) mass is 575 g/mol. The van der Waals surface area contributed by atoms with Gasteiger partial charge in [0.25, 0.3) is 0 Å². The predicted molar refractivity (Wildman–Crippen MR) is 147 cm³/mol. The third-order valence-electron chi connectivity index (χ3n) is 8.21. The van der Waals surface area contributed by atoms with Gasteiger partial charge in [0.15, 0.2) is 5.60 Å². The largest absolute Gasteiger partial charge is 0.493 e. The number of aliphatic carboxylic acids is 1. The van der Waals surface area contributed by atoms with Crippen molar-refractivity contribution >= 4 is 11.8 Å². The van der Waals surface area contributed by atoms with Crippen LogP contribution in [0.2, 0.25) is 0 Å². The minimum atomic E-state index is -4.46. The van der Waals surface area contributed by atoms with E-state index in [1.165, 1.54) is 6.07 Å². The van der Waals surface area contributed by atoms with E-state index in [0.29, 0.717) is 87.8 Å². The Kier molecular flexibility index (Phi) is 7.84. The molecule has 1 N–H and O–H groups in total. The van der Waals surface area contributed by atoms with Crippen LogP contribution in [0.25, 0.3) is 11.1 Å². The summed E-state index contributed by atoms with van der Waals surface area (Å²) in [6.07, 6.45) is -2.64. The van der Waals surface area contributed by atoms with Gasteiger partial charge in [-0.05, 0) is 69.0 Å². The van der Waals surface area contributed by atoms with Crippen LogP contribution in [0.4, 0.5) is 13.2 Å². The van der Waals surface area contributed by atoms with E-state index in [1.807, 2.05) is 26.0 Å². The molecule has 0 atom stereocenters. The third kappa shape index (κ3) is 5.95. The smallest absolute Gasteiger partial charge is 0.416 e. The molecule has 3 aliphatic rings. The Morgan fingerprint density at radius 2 is 1.71 bits per heavy atom. The summed E-state index contributed by atoms with van der Waals surface area (Å²) >= 11 is 0. The van der Waals surface area contributed by atoms with Gasteiger partial charge in [-0.15, -0.1) is 0 Å². The molecule has 2 aromatic rings. The molecular formula is C30H36F3N3O5. The lowest BCUT2D eigenvalue weighted by Crippen LogP contribution is -2.61. The molecule has 0 saturated carbocycles. The topological polar surface area (TPSA) is 83.8 Å². The van der Waals surface area contributed by atoms with Gasteiger partial charge in [0.05, 0.1) is 36.2 Å². The second kappa shape index (κ2) is 11.1. The van der Waals surface area contributed by atoms with Gasteiger partial charge in [-0.2, -0.15) is 13.2 Å². The summed E-state index contributed by atoms with van der Waals surface area (Å²) in [6, 6.07) is 8.95. The number of likely N-dealkylation sites (tertiary alicyclic amines) is 2. The van der Waals surface area contributed by atoms with E-state index in [1.54, 1.807) is 13.0 Å². The minimum absolute atomic E-state index is 0.351. The molecule has 0 aliphatic carbocycles. The summed E-state index contributed by atoms with van der Waals surface area (Å²) < 4.78 is 52.1. The van der Waals surface area contributed by atoms with E-state index < -0.39 is 28.7 Å². The predicted octanol–water partition coefficient (Wildman–Crippen LogP) is 5.64. The van der Waals surface area contributed by atoms with Crippen LogP contribution in [-0.2, 0) is 22.4 Å². The zero-order chi connectivity index (χ0) is 29.4. The van der Waals surface area contributed by atoms with E-state index in [2.05, 4.69) is 15.0 Å². The number of alkyl halides is 3. The standard InChI is InChI=1S/C30H36F3N3O5/c1-4-39-23-13-20(14-24(40-5-2)26(23)21-7-6-8-22(15-21)30(31,32)33)17-35-18-29(19-35)16-25(34-41-29)36-11-9-28(3,10-12-36)27(37)38/h6-8,13-15H,4-5,9-12,16-19H2,1-3H3,(H,37,38). The highest BCUT2D eigenvalue weighted by Crippen LogP contribution is 2.43. The number of ether oxygens (including phenoxy) is 2. The summed E-state index contributed by atoms with van der Waals surface area (Å²) in [5.41, 5.74) is -0.0162. The molecule has 0 bridgehead atoms. The van der Waals surface area contributed by atoms with Crippen molar-refractivity contribution in [2.24, 2.45) is 10.6 Å². The summed E-state index contributed by atoms with van der Waals surface area (Å²) in [6.45, 7) is 9.38. The highest BCUT2D eigenvalue weighted by atomic mass is 19.4. The number of hydrogen-bond donors (Lipinski definition) is 1. The molecule has 3 aliphatic heterocycles. The van der Waals surface area contributed by atoms with Crippen LogP contribution in [-0.4, -0.2) is 71.7 Å². The summed E-state index contributed by atoms with van der Waals surface area (Å²) in [5.74, 6) is 1.07. The van der Waals surface area contributed by atoms with Crippen molar-refractivity contribution in [3.63, 3.8) is 0 Å². The summed E-state index contributed by atoms with van der Waals surface area (Å²) in [7, 11) is 0. The Balaban J connectivity index is 1.27. The second-order valence-electron chi connectivity index (χ2n) is 11.4. The van der Waals surface area contributed by atoms with Gasteiger partial charge in [0.1, 0.15) is 17.3 Å². The average molecular weight is 576 g/mol. The van der Waals surface area contributed by atoms with Crippen molar-refractivity contribution in [2.45, 2.75) is 58.4 Å². The number of carbonyl (C=O) groups is 1. The molecule has 3 heterocycles. The Morgan fingerprint density at radius 1 is 1.07 bits per heavy atom. The van der Waals surface area contributed by atoms with Gasteiger partial charge in [-0.1, -0.05) is 17.3 Å². The SMILES string of the molecule is CCOc1cc(CN2CC3(CC(N4CCC(C)(C(=O)O)CC4)=NO3)C2)cc(OCC)c1-c1cccc(C(F)(F)F)c1. The molecule has 8 nitrogen and oxygen atoms in total. The van der Waals surface area contributed by atoms with Gasteiger partial charge in [-0.25, -0.2) is 0 Å². The molecule has 0 aromatic heterocycles. The van der Waals surface area contributed by atoms with Crippen molar-refractivity contribution in [3.8, 4) is 22.6 Å². The Hall–Kier alpha value is -3.47. The number of benzene rings is 2. The minimum Gasteiger partial charge on any atom is -0.493 e. The van der Waals surface area contributed by atoms with Crippen LogP contribution >= 0.6 is 0 Å². The highest BCUT2D eigenvalue weighted by molar-refractivity contribution is 5.85. The van der Waals surface area contributed by atoms with Gasteiger partial charge >= 0.3 is 12.1 Å². The van der Waals surface area contributed by atoms with E-state index >= 15 is 0 Å². The zero-order valence-corrected chi connectivity index (χ0v) is 23.6. The summed E-state index contributed by atoms with van der Waals surface area (Å²) in [5, 5.41) is 13.9. The van der Waals surface area contributed by atoms with E-state index in [-0.39, 0.29) is 0 Å². The van der Waals surface area contributed by atoms with E-state index in [0.717, 1.165) is 23.5 Å². The molecule has 5 rings (SSSR count). The number of piperidine rings is 1. The Bertz CT molecular complexity index is 1290. The number of halogens is 3. The number of carboxylic acid groups (broad SMARTS) is 1. The molecule has 41 heavy (non-hydrogen) atoms. The van der Waals surface area contributed by atoms with Gasteiger partial charge in [0.2, 0.25) is 0 Å². The first-order chi connectivity index (χ1) is 19.4. The van der Waals surface area contributed by atoms with Gasteiger partial charge in [-0.3, -0.25) is 9.69 Å². The molecule has 11 heteroatoms. The quantitative estimate of drug-likeness (QED) is 0.436. The third-order valence-corrected chi connectivity index (χ3v) is 8.21. The zero-order valence-electron chi connectivity index (χ0n) is 23.6. The molecule has 0 amide bonds. The van der Waals surface area contributed by atoms with Crippen LogP contribution < -0.4 is 9.47 Å². The molecule has 0 unspecified atom stereocenters. The van der Waals surface area contributed by atoms with Crippen molar-refractivity contribution in [3.05, 3.63) is 47.5 Å².